The van der Waals surface area contributed by atoms with Gasteiger partial charge in [0.25, 0.3) is 5.56 Å². The number of pyridine rings is 1. The number of nitrogens with one attached hydrogen (secondary N) is 1. The number of tetrazole rings is 1. The molecule has 1 aliphatic carbocycles. The van der Waals surface area contributed by atoms with Crippen LogP contribution in [0.3, 0.4) is 0 Å². The van der Waals surface area contributed by atoms with Crippen molar-refractivity contribution in [3.8, 4) is 5.75 Å². The largest absolute Gasteiger partial charge is 0.497 e. The standard InChI is InChI=1S/C29H36N6O2/c1-5-27(28-31-32-33-35(28)17-21-10-12-24(37-4)13-11-21)34(23-8-6-7-9-23)18-22-16-25-20(3)14-19(2)15-26(25)30-29(22)36/h10-16,23,27H,5-9,17-18H2,1-4H3,(H,30,36)/t27-/m0/s1. The van der Waals surface area contributed by atoms with Gasteiger partial charge < -0.3 is 9.72 Å². The number of rotatable bonds is 9. The third-order valence-corrected chi connectivity index (χ3v) is 7.67. The van der Waals surface area contributed by atoms with Gasteiger partial charge in [-0.1, -0.05) is 38.0 Å². The van der Waals surface area contributed by atoms with Crippen molar-refractivity contribution in [1.82, 2.24) is 30.1 Å². The van der Waals surface area contributed by atoms with Crippen molar-refractivity contribution in [2.75, 3.05) is 7.11 Å². The fourth-order valence-electron chi connectivity index (χ4n) is 5.79. The lowest BCUT2D eigenvalue weighted by Crippen LogP contribution is -2.39. The topological polar surface area (TPSA) is 88.9 Å². The van der Waals surface area contributed by atoms with Crippen LogP contribution in [0.2, 0.25) is 0 Å². The minimum Gasteiger partial charge on any atom is -0.497 e. The molecule has 194 valence electrons. The van der Waals surface area contributed by atoms with E-state index in [9.17, 15) is 4.79 Å². The second-order valence-electron chi connectivity index (χ2n) is 10.2. The molecule has 8 nitrogen and oxygen atoms in total. The first-order chi connectivity index (χ1) is 18.0. The van der Waals surface area contributed by atoms with Crippen molar-refractivity contribution in [2.24, 2.45) is 0 Å². The Kier molecular flexibility index (Phi) is 7.37. The number of aryl methyl sites for hydroxylation is 2. The SMILES string of the molecule is CC[C@@H](c1nnnn1Cc1ccc(OC)cc1)N(Cc1cc2c(C)cc(C)cc2[nH]c1=O)C1CCCC1. The third kappa shape index (κ3) is 5.30. The molecule has 37 heavy (non-hydrogen) atoms. The molecular formula is C29H36N6O2. The molecule has 1 fully saturated rings. The summed E-state index contributed by atoms with van der Waals surface area (Å²) in [6, 6.07) is 14.7. The minimum absolute atomic E-state index is 0.00515. The number of aromatic nitrogens is 5. The molecule has 1 saturated carbocycles. The fraction of sp³-hybridized carbons (Fsp3) is 0.448. The Labute approximate surface area is 217 Å². The number of fused-ring (bicyclic) bond motifs is 1. The van der Waals surface area contributed by atoms with E-state index in [0.29, 0.717) is 19.1 Å². The fourth-order valence-corrected chi connectivity index (χ4v) is 5.79. The van der Waals surface area contributed by atoms with Gasteiger partial charge in [-0.15, -0.1) is 5.10 Å². The van der Waals surface area contributed by atoms with E-state index >= 15 is 0 Å². The highest BCUT2D eigenvalue weighted by Gasteiger charge is 2.32. The highest BCUT2D eigenvalue weighted by atomic mass is 16.5. The average Bonchev–Trinajstić information content (AvgIpc) is 3.58. The first kappa shape index (κ1) is 25.1. The number of nitrogens with zero attached hydrogens (tertiary/aromatic N) is 5. The van der Waals surface area contributed by atoms with Crippen molar-refractivity contribution < 1.29 is 4.74 Å². The maximum Gasteiger partial charge on any atom is 0.252 e. The van der Waals surface area contributed by atoms with Gasteiger partial charge in [-0.2, -0.15) is 0 Å². The minimum atomic E-state index is -0.0202. The van der Waals surface area contributed by atoms with E-state index in [1.54, 1.807) is 7.11 Å². The summed E-state index contributed by atoms with van der Waals surface area (Å²) < 4.78 is 7.19. The van der Waals surface area contributed by atoms with E-state index in [-0.39, 0.29) is 11.6 Å². The Morgan fingerprint density at radius 3 is 2.59 bits per heavy atom. The summed E-state index contributed by atoms with van der Waals surface area (Å²) in [5, 5.41) is 14.0. The summed E-state index contributed by atoms with van der Waals surface area (Å²) in [5.74, 6) is 1.67. The third-order valence-electron chi connectivity index (χ3n) is 7.67. The van der Waals surface area contributed by atoms with Crippen molar-refractivity contribution >= 4 is 10.9 Å². The van der Waals surface area contributed by atoms with Crippen LogP contribution in [0.4, 0.5) is 0 Å². The van der Waals surface area contributed by atoms with Gasteiger partial charge in [-0.25, -0.2) is 4.68 Å². The lowest BCUT2D eigenvalue weighted by molar-refractivity contribution is 0.112. The van der Waals surface area contributed by atoms with Crippen LogP contribution in [-0.4, -0.2) is 43.2 Å². The van der Waals surface area contributed by atoms with Crippen LogP contribution in [0, 0.1) is 13.8 Å². The number of methoxy groups -OCH3 is 1. The van der Waals surface area contributed by atoms with Crippen molar-refractivity contribution in [1.29, 1.82) is 0 Å². The van der Waals surface area contributed by atoms with E-state index in [4.69, 9.17) is 4.74 Å². The van der Waals surface area contributed by atoms with E-state index in [2.05, 4.69) is 58.3 Å². The van der Waals surface area contributed by atoms with Crippen LogP contribution in [0.5, 0.6) is 5.75 Å². The van der Waals surface area contributed by atoms with Gasteiger partial charge in [0.2, 0.25) is 0 Å². The molecule has 0 amide bonds. The number of hydrogen-bond donors (Lipinski definition) is 1. The molecule has 1 atom stereocenters. The van der Waals surface area contributed by atoms with E-state index in [1.165, 1.54) is 18.4 Å². The Bertz CT molecular complexity index is 1420. The zero-order valence-corrected chi connectivity index (χ0v) is 22.2. The molecular weight excluding hydrogens is 464 g/mol. The Morgan fingerprint density at radius 2 is 1.89 bits per heavy atom. The molecule has 0 spiro atoms. The van der Waals surface area contributed by atoms with Crippen molar-refractivity contribution in [2.45, 2.75) is 78.0 Å². The molecule has 0 radical (unpaired) electrons. The Morgan fingerprint density at radius 1 is 1.14 bits per heavy atom. The highest BCUT2D eigenvalue weighted by Crippen LogP contribution is 2.34. The van der Waals surface area contributed by atoms with Gasteiger partial charge in [-0.05, 0) is 84.5 Å². The first-order valence-corrected chi connectivity index (χ1v) is 13.2. The number of H-pyrrole nitrogens is 1. The number of hydrogen-bond acceptors (Lipinski definition) is 6. The van der Waals surface area contributed by atoms with Gasteiger partial charge >= 0.3 is 0 Å². The second kappa shape index (κ2) is 10.8. The zero-order chi connectivity index (χ0) is 25.9. The molecule has 2 aromatic heterocycles. The first-order valence-electron chi connectivity index (χ1n) is 13.2. The molecule has 5 rings (SSSR count). The average molecular weight is 501 g/mol. The molecule has 0 aliphatic heterocycles. The van der Waals surface area contributed by atoms with Crippen LogP contribution in [-0.2, 0) is 13.1 Å². The smallest absolute Gasteiger partial charge is 0.252 e. The van der Waals surface area contributed by atoms with E-state index < -0.39 is 0 Å². The van der Waals surface area contributed by atoms with Crippen molar-refractivity contribution in [3.05, 3.63) is 80.9 Å². The molecule has 4 aromatic rings. The predicted octanol–water partition coefficient (Wildman–Crippen LogP) is 5.08. The summed E-state index contributed by atoms with van der Waals surface area (Å²) in [5.41, 5.74) is 5.10. The Balaban J connectivity index is 1.49. The molecule has 0 bridgehead atoms. The summed E-state index contributed by atoms with van der Waals surface area (Å²) in [7, 11) is 1.67. The van der Waals surface area contributed by atoms with Crippen LogP contribution in [0.25, 0.3) is 10.9 Å². The lowest BCUT2D eigenvalue weighted by Gasteiger charge is -2.35. The Hall–Kier alpha value is -3.52. The molecule has 8 heteroatoms. The molecule has 2 aromatic carbocycles. The molecule has 0 saturated heterocycles. The highest BCUT2D eigenvalue weighted by molar-refractivity contribution is 5.83. The number of ether oxygens (including phenoxy) is 1. The summed E-state index contributed by atoms with van der Waals surface area (Å²) in [4.78, 5) is 18.8. The summed E-state index contributed by atoms with van der Waals surface area (Å²) in [6.45, 7) is 7.49. The van der Waals surface area contributed by atoms with Crippen LogP contribution < -0.4 is 10.3 Å². The quantitative estimate of drug-likeness (QED) is 0.345. The summed E-state index contributed by atoms with van der Waals surface area (Å²) in [6.07, 6.45) is 5.52. The monoisotopic (exact) mass is 500 g/mol. The van der Waals surface area contributed by atoms with Gasteiger partial charge in [0.15, 0.2) is 5.82 Å². The van der Waals surface area contributed by atoms with Gasteiger partial charge in [0.05, 0.1) is 19.7 Å². The number of benzene rings is 2. The van der Waals surface area contributed by atoms with Crippen LogP contribution in [0.15, 0.2) is 47.3 Å². The number of aromatic amines is 1. The summed E-state index contributed by atoms with van der Waals surface area (Å²) >= 11 is 0. The second-order valence-corrected chi connectivity index (χ2v) is 10.2. The maximum atomic E-state index is 13.2. The van der Waals surface area contributed by atoms with Crippen LogP contribution >= 0.6 is 0 Å². The van der Waals surface area contributed by atoms with Crippen molar-refractivity contribution in [3.63, 3.8) is 0 Å². The van der Waals surface area contributed by atoms with Gasteiger partial charge in [0.1, 0.15) is 5.75 Å². The normalized spacial score (nSPS) is 15.1. The van der Waals surface area contributed by atoms with E-state index in [0.717, 1.165) is 58.4 Å². The molecule has 1 N–H and O–H groups in total. The van der Waals surface area contributed by atoms with Gasteiger partial charge in [0, 0.05) is 29.1 Å². The molecule has 0 unspecified atom stereocenters. The molecule has 1 aliphatic rings. The molecule has 2 heterocycles. The van der Waals surface area contributed by atoms with Gasteiger partial charge in [-0.3, -0.25) is 9.69 Å². The lowest BCUT2D eigenvalue weighted by atomic mass is 10.0. The maximum absolute atomic E-state index is 13.2. The predicted molar refractivity (Wildman–Crippen MR) is 145 cm³/mol. The zero-order valence-electron chi connectivity index (χ0n) is 22.2. The van der Waals surface area contributed by atoms with Crippen LogP contribution in [0.1, 0.15) is 73.1 Å². The van der Waals surface area contributed by atoms with E-state index in [1.807, 2.05) is 35.0 Å².